The first-order valence-electron chi connectivity index (χ1n) is 10.9. The van der Waals surface area contributed by atoms with Gasteiger partial charge < -0.3 is 14.7 Å². The van der Waals surface area contributed by atoms with Crippen LogP contribution in [0.2, 0.25) is 0 Å². The van der Waals surface area contributed by atoms with Gasteiger partial charge in [0.2, 0.25) is 0 Å². The summed E-state index contributed by atoms with van der Waals surface area (Å²) in [6, 6.07) is 24.3. The second-order valence-electron chi connectivity index (χ2n) is 8.23. The molecule has 0 aliphatic carbocycles. The Morgan fingerprint density at radius 1 is 0.853 bits per heavy atom. The molecular formula is C26H25NO6S. The number of rotatable bonds is 6. The van der Waals surface area contributed by atoms with Gasteiger partial charge >= 0.3 is 5.97 Å². The van der Waals surface area contributed by atoms with Crippen molar-refractivity contribution in [1.82, 2.24) is 4.90 Å². The maximum absolute atomic E-state index is 13.5. The minimum atomic E-state index is -3.91. The number of benzene rings is 3. The van der Waals surface area contributed by atoms with E-state index in [1.807, 2.05) is 18.2 Å². The van der Waals surface area contributed by atoms with Gasteiger partial charge in [0.15, 0.2) is 9.84 Å². The number of aliphatic carboxylic acids is 1. The SMILES string of the molecule is O=C(O)CC1(c2ccc(Oc3ccccc3)cc2)CCN(C(=O)c2ccccc2)CCS1(=O)=O. The number of nitrogens with zero attached hydrogens (tertiary/aromatic N) is 1. The first-order chi connectivity index (χ1) is 16.3. The monoisotopic (exact) mass is 479 g/mol. The first-order valence-corrected chi connectivity index (χ1v) is 12.6. The molecule has 1 unspecified atom stereocenters. The third-order valence-corrected chi connectivity index (χ3v) is 8.61. The molecule has 1 atom stereocenters. The Balaban J connectivity index is 1.65. The van der Waals surface area contributed by atoms with Gasteiger partial charge in [-0.15, -0.1) is 0 Å². The van der Waals surface area contributed by atoms with E-state index in [1.165, 1.54) is 4.90 Å². The van der Waals surface area contributed by atoms with E-state index in [4.69, 9.17) is 4.74 Å². The largest absolute Gasteiger partial charge is 0.481 e. The molecule has 7 nitrogen and oxygen atoms in total. The summed E-state index contributed by atoms with van der Waals surface area (Å²) in [6.45, 7) is 0.134. The maximum atomic E-state index is 13.5. The van der Waals surface area contributed by atoms with Crippen molar-refractivity contribution in [2.24, 2.45) is 0 Å². The van der Waals surface area contributed by atoms with Crippen LogP contribution in [0.1, 0.15) is 28.8 Å². The van der Waals surface area contributed by atoms with Crippen LogP contribution in [-0.4, -0.2) is 49.1 Å². The maximum Gasteiger partial charge on any atom is 0.305 e. The number of carbonyl (C=O) groups is 2. The van der Waals surface area contributed by atoms with Crippen molar-refractivity contribution in [2.75, 3.05) is 18.8 Å². The predicted octanol–water partition coefficient (Wildman–Crippen LogP) is 4.11. The molecule has 3 aromatic carbocycles. The van der Waals surface area contributed by atoms with E-state index in [1.54, 1.807) is 66.7 Å². The average Bonchev–Trinajstić information content (AvgIpc) is 2.96. The minimum absolute atomic E-state index is 0.00658. The molecular weight excluding hydrogens is 454 g/mol. The van der Waals surface area contributed by atoms with Crippen LogP contribution < -0.4 is 4.74 Å². The molecule has 1 aliphatic rings. The summed E-state index contributed by atoms with van der Waals surface area (Å²) in [6.07, 6.45) is -0.597. The number of amides is 1. The van der Waals surface area contributed by atoms with Crippen molar-refractivity contribution in [3.8, 4) is 11.5 Å². The summed E-state index contributed by atoms with van der Waals surface area (Å²) in [5.74, 6) is -0.661. The summed E-state index contributed by atoms with van der Waals surface area (Å²) in [5.41, 5.74) is 0.845. The second-order valence-corrected chi connectivity index (χ2v) is 10.7. The summed E-state index contributed by atoms with van der Waals surface area (Å²) < 4.78 is 31.2. The van der Waals surface area contributed by atoms with E-state index in [9.17, 15) is 23.1 Å². The van der Waals surface area contributed by atoms with Gasteiger partial charge in [-0.1, -0.05) is 48.5 Å². The Bertz CT molecular complexity index is 1260. The number of hydrogen-bond acceptors (Lipinski definition) is 5. The van der Waals surface area contributed by atoms with Crippen LogP contribution in [0.15, 0.2) is 84.9 Å². The Kier molecular flexibility index (Phi) is 6.70. The smallest absolute Gasteiger partial charge is 0.305 e. The average molecular weight is 480 g/mol. The molecule has 4 rings (SSSR count). The normalized spacial score (nSPS) is 19.7. The van der Waals surface area contributed by atoms with E-state index in [0.717, 1.165) is 0 Å². The van der Waals surface area contributed by atoms with Crippen LogP contribution in [-0.2, 0) is 19.4 Å². The molecule has 1 N–H and O–H groups in total. The Hall–Kier alpha value is -3.65. The van der Waals surface area contributed by atoms with Crippen molar-refractivity contribution in [3.63, 3.8) is 0 Å². The lowest BCUT2D eigenvalue weighted by molar-refractivity contribution is -0.137. The van der Waals surface area contributed by atoms with E-state index in [-0.39, 0.29) is 31.2 Å². The zero-order chi connectivity index (χ0) is 24.2. The van der Waals surface area contributed by atoms with Gasteiger partial charge in [0, 0.05) is 18.7 Å². The van der Waals surface area contributed by atoms with E-state index in [0.29, 0.717) is 22.6 Å². The van der Waals surface area contributed by atoms with Crippen molar-refractivity contribution in [2.45, 2.75) is 17.6 Å². The van der Waals surface area contributed by atoms with Crippen LogP contribution >= 0.6 is 0 Å². The zero-order valence-electron chi connectivity index (χ0n) is 18.5. The molecule has 1 fully saturated rings. The van der Waals surface area contributed by atoms with Crippen molar-refractivity contribution in [3.05, 3.63) is 96.1 Å². The van der Waals surface area contributed by atoms with Gasteiger partial charge in [-0.05, 0) is 48.4 Å². The van der Waals surface area contributed by atoms with Gasteiger partial charge in [0.05, 0.1) is 12.2 Å². The van der Waals surface area contributed by atoms with Gasteiger partial charge in [0.1, 0.15) is 16.2 Å². The lowest BCUT2D eigenvalue weighted by Gasteiger charge is -2.31. The number of carboxylic acids is 1. The number of carboxylic acid groups (broad SMARTS) is 1. The van der Waals surface area contributed by atoms with E-state index in [2.05, 4.69) is 0 Å². The fourth-order valence-corrected chi connectivity index (χ4v) is 6.39. The Morgan fingerprint density at radius 2 is 1.44 bits per heavy atom. The van der Waals surface area contributed by atoms with E-state index >= 15 is 0 Å². The molecule has 0 saturated carbocycles. The number of sulfone groups is 1. The topological polar surface area (TPSA) is 101 Å². The number of ether oxygens (including phenoxy) is 1. The number of para-hydroxylation sites is 1. The molecule has 1 amide bonds. The van der Waals surface area contributed by atoms with Gasteiger partial charge in [-0.2, -0.15) is 0 Å². The van der Waals surface area contributed by atoms with Gasteiger partial charge in [0.25, 0.3) is 5.91 Å². The van der Waals surface area contributed by atoms with Crippen LogP contribution in [0.25, 0.3) is 0 Å². The standard InChI is InChI=1S/C26H25NO6S/c28-24(29)19-26(21-11-13-23(14-12-21)33-22-9-5-2-6-10-22)15-16-27(17-18-34(26,31)32)25(30)20-7-3-1-4-8-20/h1-14H,15-19H2,(H,28,29). The fraction of sp³-hybridized carbons (Fsp3) is 0.231. The Morgan fingerprint density at radius 3 is 2.06 bits per heavy atom. The predicted molar refractivity (Wildman–Crippen MR) is 128 cm³/mol. The molecule has 0 radical (unpaired) electrons. The summed E-state index contributed by atoms with van der Waals surface area (Å²) in [7, 11) is -3.91. The number of carbonyl (C=O) groups excluding carboxylic acids is 1. The fourth-order valence-electron chi connectivity index (χ4n) is 4.29. The highest BCUT2D eigenvalue weighted by Crippen LogP contribution is 2.41. The first kappa shape index (κ1) is 23.5. The molecule has 1 aliphatic heterocycles. The minimum Gasteiger partial charge on any atom is -0.481 e. The molecule has 3 aromatic rings. The van der Waals surface area contributed by atoms with Crippen molar-refractivity contribution in [1.29, 1.82) is 0 Å². The molecule has 1 heterocycles. The van der Waals surface area contributed by atoms with Crippen molar-refractivity contribution < 1.29 is 27.9 Å². The third-order valence-electron chi connectivity index (χ3n) is 6.11. The van der Waals surface area contributed by atoms with Crippen LogP contribution in [0.3, 0.4) is 0 Å². The summed E-state index contributed by atoms with van der Waals surface area (Å²) >= 11 is 0. The highest BCUT2D eigenvalue weighted by molar-refractivity contribution is 7.92. The summed E-state index contributed by atoms with van der Waals surface area (Å²) in [5, 5.41) is 9.65. The molecule has 8 heteroatoms. The lowest BCUT2D eigenvalue weighted by atomic mass is 9.91. The molecule has 1 saturated heterocycles. The molecule has 0 spiro atoms. The van der Waals surface area contributed by atoms with Gasteiger partial charge in [-0.25, -0.2) is 8.42 Å². The van der Waals surface area contributed by atoms with Crippen LogP contribution in [0.4, 0.5) is 0 Å². The third kappa shape index (κ3) is 4.82. The molecule has 34 heavy (non-hydrogen) atoms. The molecule has 0 aromatic heterocycles. The quantitative estimate of drug-likeness (QED) is 0.571. The van der Waals surface area contributed by atoms with Crippen molar-refractivity contribution >= 4 is 21.7 Å². The zero-order valence-corrected chi connectivity index (χ0v) is 19.3. The van der Waals surface area contributed by atoms with Crippen LogP contribution in [0.5, 0.6) is 11.5 Å². The second kappa shape index (κ2) is 9.69. The Labute approximate surface area is 198 Å². The molecule has 176 valence electrons. The summed E-state index contributed by atoms with van der Waals surface area (Å²) in [4.78, 5) is 26.3. The lowest BCUT2D eigenvalue weighted by Crippen LogP contribution is -2.39. The van der Waals surface area contributed by atoms with E-state index < -0.39 is 27.0 Å². The number of hydrogen-bond donors (Lipinski definition) is 1. The molecule has 0 bridgehead atoms. The highest BCUT2D eigenvalue weighted by atomic mass is 32.2. The van der Waals surface area contributed by atoms with Crippen LogP contribution in [0, 0.1) is 0 Å². The highest BCUT2D eigenvalue weighted by Gasteiger charge is 2.49. The van der Waals surface area contributed by atoms with Gasteiger partial charge in [-0.3, -0.25) is 9.59 Å².